The topological polar surface area (TPSA) is 54.4 Å². The number of hydrogen-bond donors (Lipinski definition) is 2. The van der Waals surface area contributed by atoms with Crippen LogP contribution in [0.5, 0.6) is 5.75 Å². The minimum atomic E-state index is -0.0484. The van der Waals surface area contributed by atoms with Gasteiger partial charge < -0.3 is 15.2 Å². The number of para-hydroxylation sites is 1. The smallest absolute Gasteiger partial charge is 0.132 e. The van der Waals surface area contributed by atoms with Crippen LogP contribution in [0.2, 0.25) is 0 Å². The van der Waals surface area contributed by atoms with Gasteiger partial charge in [0.2, 0.25) is 0 Å². The second-order valence-electron chi connectivity index (χ2n) is 5.85. The van der Waals surface area contributed by atoms with E-state index in [1.54, 1.807) is 0 Å². The van der Waals surface area contributed by atoms with Crippen molar-refractivity contribution in [1.82, 2.24) is 4.98 Å². The maximum atomic E-state index is 9.66. The first-order chi connectivity index (χ1) is 11.7. The van der Waals surface area contributed by atoms with Crippen molar-refractivity contribution in [2.24, 2.45) is 0 Å². The van der Waals surface area contributed by atoms with Crippen LogP contribution in [0.3, 0.4) is 0 Å². The van der Waals surface area contributed by atoms with E-state index in [1.165, 1.54) is 5.56 Å². The zero-order valence-electron chi connectivity index (χ0n) is 13.1. The fraction of sp³-hybridized carbons (Fsp3) is 0.211. The maximum absolute atomic E-state index is 9.66. The highest BCUT2D eigenvalue weighted by atomic mass is 79.9. The molecule has 1 aromatic heterocycles. The molecule has 24 heavy (non-hydrogen) atoms. The van der Waals surface area contributed by atoms with E-state index in [1.807, 2.05) is 30.3 Å². The summed E-state index contributed by atoms with van der Waals surface area (Å²) >= 11 is 3.56. The van der Waals surface area contributed by atoms with Gasteiger partial charge in [0.25, 0.3) is 0 Å². The molecule has 0 aliphatic carbocycles. The van der Waals surface area contributed by atoms with Gasteiger partial charge in [-0.2, -0.15) is 0 Å². The summed E-state index contributed by atoms with van der Waals surface area (Å²) in [5, 5.41) is 14.0. The van der Waals surface area contributed by atoms with Crippen molar-refractivity contribution in [1.29, 1.82) is 0 Å². The van der Waals surface area contributed by atoms with Crippen molar-refractivity contribution in [3.8, 4) is 5.75 Å². The number of aromatic nitrogens is 1. The van der Waals surface area contributed by atoms with Crippen LogP contribution in [0.15, 0.2) is 46.9 Å². The number of rotatable bonds is 4. The molecule has 0 fully saturated rings. The normalized spacial score (nSPS) is 12.9. The van der Waals surface area contributed by atoms with Crippen LogP contribution in [-0.2, 0) is 19.6 Å². The Morgan fingerprint density at radius 3 is 2.92 bits per heavy atom. The molecule has 1 aliphatic rings. The number of nitrogens with zero attached hydrogens (tertiary/aromatic N) is 1. The molecule has 4 nitrogen and oxygen atoms in total. The molecule has 5 heteroatoms. The van der Waals surface area contributed by atoms with Gasteiger partial charge in [-0.25, -0.2) is 4.98 Å². The second kappa shape index (κ2) is 6.42. The quantitative estimate of drug-likeness (QED) is 0.712. The largest absolute Gasteiger partial charge is 0.493 e. The molecule has 0 spiro atoms. The first kappa shape index (κ1) is 15.4. The number of hydrogen-bond acceptors (Lipinski definition) is 4. The molecule has 2 aromatic carbocycles. The first-order valence-electron chi connectivity index (χ1n) is 7.92. The summed E-state index contributed by atoms with van der Waals surface area (Å²) in [6, 6.07) is 14.1. The van der Waals surface area contributed by atoms with Crippen molar-refractivity contribution in [2.45, 2.75) is 19.6 Å². The van der Waals surface area contributed by atoms with E-state index in [0.717, 1.165) is 45.3 Å². The average Bonchev–Trinajstić information content (AvgIpc) is 3.07. The zero-order chi connectivity index (χ0) is 16.5. The molecule has 0 atom stereocenters. The third-order valence-electron chi connectivity index (χ3n) is 4.24. The van der Waals surface area contributed by atoms with Crippen molar-refractivity contribution in [2.75, 3.05) is 11.9 Å². The fourth-order valence-corrected chi connectivity index (χ4v) is 3.64. The Morgan fingerprint density at radius 2 is 2.04 bits per heavy atom. The van der Waals surface area contributed by atoms with Gasteiger partial charge in [0.05, 0.1) is 18.7 Å². The van der Waals surface area contributed by atoms with Gasteiger partial charge >= 0.3 is 0 Å². The SMILES string of the molecule is OCc1cc2ccccc2nc1NCc1cc(Br)cc2c1OCC2. The van der Waals surface area contributed by atoms with E-state index >= 15 is 0 Å². The molecule has 122 valence electrons. The Balaban J connectivity index is 1.66. The summed E-state index contributed by atoms with van der Waals surface area (Å²) in [4.78, 5) is 4.65. The predicted octanol–water partition coefficient (Wildman–Crippen LogP) is 4.04. The van der Waals surface area contributed by atoms with Crippen molar-refractivity contribution in [3.05, 3.63) is 63.6 Å². The zero-order valence-corrected chi connectivity index (χ0v) is 14.6. The fourth-order valence-electron chi connectivity index (χ4n) is 3.09. The van der Waals surface area contributed by atoms with Crippen LogP contribution in [0.4, 0.5) is 5.82 Å². The number of nitrogens with one attached hydrogen (secondary N) is 1. The first-order valence-corrected chi connectivity index (χ1v) is 8.71. The van der Waals surface area contributed by atoms with Crippen LogP contribution in [0.1, 0.15) is 16.7 Å². The van der Waals surface area contributed by atoms with Crippen molar-refractivity contribution in [3.63, 3.8) is 0 Å². The van der Waals surface area contributed by atoms with Crippen molar-refractivity contribution >= 4 is 32.7 Å². The van der Waals surface area contributed by atoms with E-state index in [-0.39, 0.29) is 6.61 Å². The van der Waals surface area contributed by atoms with E-state index in [2.05, 4.69) is 38.4 Å². The molecule has 0 radical (unpaired) electrons. The summed E-state index contributed by atoms with van der Waals surface area (Å²) in [7, 11) is 0. The Hall–Kier alpha value is -2.11. The standard InChI is InChI=1S/C19H17BrN2O2/c20-16-8-13-5-6-24-18(13)14(9-16)10-21-19-15(11-23)7-12-3-1-2-4-17(12)22-19/h1-4,7-9,23H,5-6,10-11H2,(H,21,22). The Labute approximate surface area is 148 Å². The predicted molar refractivity (Wildman–Crippen MR) is 98.3 cm³/mol. The summed E-state index contributed by atoms with van der Waals surface area (Å²) in [5.74, 6) is 1.68. The molecule has 3 aromatic rings. The Kier molecular flexibility index (Phi) is 4.12. The average molecular weight is 385 g/mol. The summed E-state index contributed by atoms with van der Waals surface area (Å²) in [5.41, 5.74) is 4.03. The van der Waals surface area contributed by atoms with Crippen LogP contribution >= 0.6 is 15.9 Å². The summed E-state index contributed by atoms with van der Waals surface area (Å²) in [6.45, 7) is 1.28. The second-order valence-corrected chi connectivity index (χ2v) is 6.77. The van der Waals surface area contributed by atoms with Gasteiger partial charge in [-0.05, 0) is 29.8 Å². The number of aliphatic hydroxyl groups excluding tert-OH is 1. The number of pyridine rings is 1. The molecule has 0 amide bonds. The molecule has 2 heterocycles. The van der Waals surface area contributed by atoms with Crippen molar-refractivity contribution < 1.29 is 9.84 Å². The maximum Gasteiger partial charge on any atom is 0.132 e. The van der Waals surface area contributed by atoms with Crippen LogP contribution < -0.4 is 10.1 Å². The molecule has 2 N–H and O–H groups in total. The summed E-state index contributed by atoms with van der Waals surface area (Å²) < 4.78 is 6.82. The van der Waals surface area contributed by atoms with E-state index < -0.39 is 0 Å². The monoisotopic (exact) mass is 384 g/mol. The lowest BCUT2D eigenvalue weighted by atomic mass is 10.1. The lowest BCUT2D eigenvalue weighted by molar-refractivity contribution is 0.282. The van der Waals surface area contributed by atoms with Crippen LogP contribution in [0.25, 0.3) is 10.9 Å². The minimum Gasteiger partial charge on any atom is -0.493 e. The van der Waals surface area contributed by atoms with E-state index in [4.69, 9.17) is 4.74 Å². The van der Waals surface area contributed by atoms with Gasteiger partial charge in [-0.15, -0.1) is 0 Å². The number of aliphatic hydroxyl groups is 1. The minimum absolute atomic E-state index is 0.0484. The molecule has 0 unspecified atom stereocenters. The van der Waals surface area contributed by atoms with E-state index in [9.17, 15) is 5.11 Å². The van der Waals surface area contributed by atoms with Crippen LogP contribution in [0, 0.1) is 0 Å². The molecule has 0 saturated carbocycles. The molecule has 0 saturated heterocycles. The van der Waals surface area contributed by atoms with Gasteiger partial charge in [0.15, 0.2) is 0 Å². The lowest BCUT2D eigenvalue weighted by Crippen LogP contribution is -2.06. The van der Waals surface area contributed by atoms with Crippen LogP contribution in [-0.4, -0.2) is 16.7 Å². The number of fused-ring (bicyclic) bond motifs is 2. The molecule has 4 rings (SSSR count). The van der Waals surface area contributed by atoms with Gasteiger partial charge in [0, 0.05) is 34.0 Å². The number of anilines is 1. The number of halogens is 1. The molecular weight excluding hydrogens is 368 g/mol. The highest BCUT2D eigenvalue weighted by molar-refractivity contribution is 9.10. The molecule has 1 aliphatic heterocycles. The number of benzene rings is 2. The summed E-state index contributed by atoms with van der Waals surface area (Å²) in [6.07, 6.45) is 0.942. The number of ether oxygens (including phenoxy) is 1. The van der Waals surface area contributed by atoms with E-state index in [0.29, 0.717) is 12.4 Å². The Bertz CT molecular complexity index is 911. The highest BCUT2D eigenvalue weighted by Crippen LogP contribution is 2.33. The third-order valence-corrected chi connectivity index (χ3v) is 4.70. The lowest BCUT2D eigenvalue weighted by Gasteiger charge is -2.13. The highest BCUT2D eigenvalue weighted by Gasteiger charge is 2.17. The Morgan fingerprint density at radius 1 is 1.17 bits per heavy atom. The van der Waals surface area contributed by atoms with Gasteiger partial charge in [-0.3, -0.25) is 0 Å². The van der Waals surface area contributed by atoms with Gasteiger partial charge in [-0.1, -0.05) is 34.1 Å². The molecular formula is C19H17BrN2O2. The third kappa shape index (κ3) is 2.85. The van der Waals surface area contributed by atoms with Gasteiger partial charge in [0.1, 0.15) is 11.6 Å². The molecule has 0 bridgehead atoms.